The quantitative estimate of drug-likeness (QED) is 0.573. The van der Waals surface area contributed by atoms with E-state index >= 15 is 0 Å². The number of hydrogen-bond acceptors (Lipinski definition) is 5. The molecular formula is C14H20N2O5. The van der Waals surface area contributed by atoms with Crippen molar-refractivity contribution in [1.29, 1.82) is 0 Å². The molecule has 0 atom stereocenters. The fourth-order valence-corrected chi connectivity index (χ4v) is 1.51. The van der Waals surface area contributed by atoms with Crippen LogP contribution in [0.25, 0.3) is 0 Å². The van der Waals surface area contributed by atoms with Gasteiger partial charge in [-0.2, -0.15) is 0 Å². The normalized spacial score (nSPS) is 10.3. The van der Waals surface area contributed by atoms with E-state index in [1.165, 1.54) is 14.2 Å². The molecule has 0 saturated heterocycles. The maximum atomic E-state index is 11.7. The predicted molar refractivity (Wildman–Crippen MR) is 77.1 cm³/mol. The molecule has 0 radical (unpaired) electrons. The van der Waals surface area contributed by atoms with Crippen LogP contribution < -0.4 is 15.4 Å². The topological polar surface area (TPSA) is 85.9 Å². The lowest BCUT2D eigenvalue weighted by Crippen LogP contribution is -2.40. The number of benzene rings is 1. The highest BCUT2D eigenvalue weighted by Crippen LogP contribution is 2.15. The molecule has 7 heteroatoms. The van der Waals surface area contributed by atoms with Crippen LogP contribution in [-0.2, 0) is 19.1 Å². The first kappa shape index (κ1) is 16.9. The van der Waals surface area contributed by atoms with Crippen LogP contribution in [0.15, 0.2) is 24.3 Å². The van der Waals surface area contributed by atoms with Crippen molar-refractivity contribution in [2.45, 2.75) is 13.2 Å². The number of ether oxygens (including phenoxy) is 3. The van der Waals surface area contributed by atoms with Crippen molar-refractivity contribution in [2.24, 2.45) is 0 Å². The molecule has 7 nitrogen and oxygen atoms in total. The lowest BCUT2D eigenvalue weighted by atomic mass is 10.3. The van der Waals surface area contributed by atoms with Crippen molar-refractivity contribution in [3.8, 4) is 5.75 Å². The van der Waals surface area contributed by atoms with Crippen LogP contribution in [-0.4, -0.2) is 45.5 Å². The van der Waals surface area contributed by atoms with E-state index in [4.69, 9.17) is 14.2 Å². The Hall–Kier alpha value is -2.12. The van der Waals surface area contributed by atoms with Gasteiger partial charge in [-0.15, -0.1) is 0 Å². The molecule has 0 saturated carbocycles. The van der Waals surface area contributed by atoms with Crippen LogP contribution in [0, 0.1) is 0 Å². The molecule has 1 aromatic rings. The van der Waals surface area contributed by atoms with Crippen molar-refractivity contribution < 1.29 is 23.8 Å². The Balaban J connectivity index is 2.46. The van der Waals surface area contributed by atoms with Gasteiger partial charge >= 0.3 is 11.8 Å². The maximum Gasteiger partial charge on any atom is 0.313 e. The Morgan fingerprint density at radius 1 is 1.10 bits per heavy atom. The van der Waals surface area contributed by atoms with E-state index in [0.717, 1.165) is 0 Å². The third-order valence-electron chi connectivity index (χ3n) is 2.58. The number of carbonyl (C=O) groups is 2. The van der Waals surface area contributed by atoms with Gasteiger partial charge in [0.1, 0.15) is 5.75 Å². The van der Waals surface area contributed by atoms with Gasteiger partial charge in [-0.05, 0) is 31.2 Å². The minimum absolute atomic E-state index is 0.0858. The third-order valence-corrected chi connectivity index (χ3v) is 2.58. The summed E-state index contributed by atoms with van der Waals surface area (Å²) in [6, 6.07) is 6.73. The summed E-state index contributed by atoms with van der Waals surface area (Å²) in [6.07, 6.45) is -0.591. The SMILES string of the molecule is CCOc1ccc(NC(=O)C(=O)NCC(OC)OC)cc1. The largest absolute Gasteiger partial charge is 0.494 e. The predicted octanol–water partition coefficient (Wildman–Crippen LogP) is 0.759. The molecule has 0 aliphatic heterocycles. The molecule has 1 rings (SSSR count). The van der Waals surface area contributed by atoms with Gasteiger partial charge in [-0.1, -0.05) is 0 Å². The third kappa shape index (κ3) is 5.80. The fourth-order valence-electron chi connectivity index (χ4n) is 1.51. The Labute approximate surface area is 123 Å². The minimum atomic E-state index is -0.761. The summed E-state index contributed by atoms with van der Waals surface area (Å²) < 4.78 is 15.1. The van der Waals surface area contributed by atoms with Crippen molar-refractivity contribution >= 4 is 17.5 Å². The van der Waals surface area contributed by atoms with Crippen LogP contribution in [0.2, 0.25) is 0 Å². The molecule has 0 aliphatic carbocycles. The highest BCUT2D eigenvalue weighted by atomic mass is 16.7. The molecule has 116 valence electrons. The number of rotatable bonds is 7. The van der Waals surface area contributed by atoms with Crippen molar-refractivity contribution in [3.05, 3.63) is 24.3 Å². The second kappa shape index (κ2) is 8.93. The lowest BCUT2D eigenvalue weighted by Gasteiger charge is -2.13. The van der Waals surface area contributed by atoms with Crippen molar-refractivity contribution in [3.63, 3.8) is 0 Å². The standard InChI is InChI=1S/C14H20N2O5/c1-4-21-11-7-5-10(6-8-11)16-14(18)13(17)15-9-12(19-2)20-3/h5-8,12H,4,9H2,1-3H3,(H,15,17)(H,16,18). The maximum absolute atomic E-state index is 11.7. The number of amides is 2. The summed E-state index contributed by atoms with van der Waals surface area (Å²) in [5, 5.41) is 4.89. The molecule has 0 heterocycles. The van der Waals surface area contributed by atoms with Gasteiger partial charge in [-0.3, -0.25) is 9.59 Å². The number of hydrogen-bond donors (Lipinski definition) is 2. The van der Waals surface area contributed by atoms with Crippen LogP contribution in [0.3, 0.4) is 0 Å². The monoisotopic (exact) mass is 296 g/mol. The highest BCUT2D eigenvalue weighted by molar-refractivity contribution is 6.39. The van der Waals surface area contributed by atoms with Crippen LogP contribution in [0.4, 0.5) is 5.69 Å². The van der Waals surface area contributed by atoms with Crippen molar-refractivity contribution in [2.75, 3.05) is 32.7 Å². The Morgan fingerprint density at radius 2 is 1.71 bits per heavy atom. The Bertz CT molecular complexity index is 457. The molecule has 0 unspecified atom stereocenters. The van der Waals surface area contributed by atoms with Crippen LogP contribution in [0.5, 0.6) is 5.75 Å². The Kier molecular flexibility index (Phi) is 7.20. The molecular weight excluding hydrogens is 276 g/mol. The van der Waals surface area contributed by atoms with E-state index in [-0.39, 0.29) is 6.54 Å². The second-order valence-corrected chi connectivity index (χ2v) is 4.02. The van der Waals surface area contributed by atoms with E-state index in [2.05, 4.69) is 10.6 Å². The van der Waals surface area contributed by atoms with E-state index in [0.29, 0.717) is 18.0 Å². The number of nitrogens with one attached hydrogen (secondary N) is 2. The Morgan fingerprint density at radius 3 is 2.24 bits per heavy atom. The molecule has 0 fully saturated rings. The van der Waals surface area contributed by atoms with Gasteiger partial charge in [0.05, 0.1) is 13.2 Å². The van der Waals surface area contributed by atoms with Crippen LogP contribution >= 0.6 is 0 Å². The molecule has 21 heavy (non-hydrogen) atoms. The first-order valence-electron chi connectivity index (χ1n) is 6.48. The highest BCUT2D eigenvalue weighted by Gasteiger charge is 2.15. The summed E-state index contributed by atoms with van der Waals surface area (Å²) in [6.45, 7) is 2.53. The zero-order valence-corrected chi connectivity index (χ0v) is 12.3. The number of carbonyl (C=O) groups excluding carboxylic acids is 2. The van der Waals surface area contributed by atoms with E-state index < -0.39 is 18.1 Å². The van der Waals surface area contributed by atoms with E-state index in [1.807, 2.05) is 6.92 Å². The minimum Gasteiger partial charge on any atom is -0.494 e. The van der Waals surface area contributed by atoms with Crippen LogP contribution in [0.1, 0.15) is 6.92 Å². The summed E-state index contributed by atoms with van der Waals surface area (Å²) >= 11 is 0. The van der Waals surface area contributed by atoms with E-state index in [1.54, 1.807) is 24.3 Å². The number of anilines is 1. The summed E-state index contributed by atoms with van der Waals surface area (Å²) in [7, 11) is 2.89. The molecule has 0 bridgehead atoms. The molecule has 1 aromatic carbocycles. The molecule has 0 aliphatic rings. The molecule has 2 N–H and O–H groups in total. The van der Waals surface area contributed by atoms with Gasteiger partial charge in [-0.25, -0.2) is 0 Å². The van der Waals surface area contributed by atoms with Gasteiger partial charge in [0, 0.05) is 19.9 Å². The smallest absolute Gasteiger partial charge is 0.313 e. The second-order valence-electron chi connectivity index (χ2n) is 4.02. The summed E-state index contributed by atoms with van der Waals surface area (Å²) in [5.74, 6) is -0.823. The van der Waals surface area contributed by atoms with Gasteiger partial charge in [0.2, 0.25) is 0 Å². The van der Waals surface area contributed by atoms with E-state index in [9.17, 15) is 9.59 Å². The zero-order valence-electron chi connectivity index (χ0n) is 12.3. The fraction of sp³-hybridized carbons (Fsp3) is 0.429. The van der Waals surface area contributed by atoms with Crippen molar-refractivity contribution in [1.82, 2.24) is 5.32 Å². The average Bonchev–Trinajstić information content (AvgIpc) is 2.50. The summed E-state index contributed by atoms with van der Waals surface area (Å²) in [5.41, 5.74) is 0.508. The molecule has 2 amide bonds. The van der Waals surface area contributed by atoms with Gasteiger partial charge in [0.25, 0.3) is 0 Å². The molecule has 0 aromatic heterocycles. The first-order valence-corrected chi connectivity index (χ1v) is 6.48. The average molecular weight is 296 g/mol. The van der Waals surface area contributed by atoms with Gasteiger partial charge < -0.3 is 24.8 Å². The zero-order chi connectivity index (χ0) is 15.7. The lowest BCUT2D eigenvalue weighted by molar-refractivity contribution is -0.139. The van der Waals surface area contributed by atoms with Gasteiger partial charge in [0.15, 0.2) is 6.29 Å². The number of methoxy groups -OCH3 is 2. The molecule has 0 spiro atoms. The first-order chi connectivity index (χ1) is 10.1. The summed E-state index contributed by atoms with van der Waals surface area (Å²) in [4.78, 5) is 23.3.